The van der Waals surface area contributed by atoms with Crippen LogP contribution >= 0.6 is 0 Å². The van der Waals surface area contributed by atoms with Gasteiger partial charge in [0.25, 0.3) is 0 Å². The summed E-state index contributed by atoms with van der Waals surface area (Å²) in [4.78, 5) is 15.7. The molecule has 6 nitrogen and oxygen atoms in total. The average Bonchev–Trinajstić information content (AvgIpc) is 3.31. The van der Waals surface area contributed by atoms with Crippen molar-refractivity contribution in [3.8, 4) is 11.1 Å². The third-order valence-electron chi connectivity index (χ3n) is 5.91. The van der Waals surface area contributed by atoms with Gasteiger partial charge in [-0.3, -0.25) is 4.68 Å². The van der Waals surface area contributed by atoms with Gasteiger partial charge in [0.15, 0.2) is 0 Å². The van der Waals surface area contributed by atoms with Gasteiger partial charge in [0.1, 0.15) is 5.82 Å². The van der Waals surface area contributed by atoms with Gasteiger partial charge in [0, 0.05) is 47.7 Å². The fourth-order valence-electron chi connectivity index (χ4n) is 4.29. The molecule has 0 unspecified atom stereocenters. The highest BCUT2D eigenvalue weighted by Gasteiger charge is 2.23. The summed E-state index contributed by atoms with van der Waals surface area (Å²) in [5.41, 5.74) is 3.95. The monoisotopic (exact) mass is 392 g/mol. The van der Waals surface area contributed by atoms with Gasteiger partial charge < -0.3 is 15.0 Å². The van der Waals surface area contributed by atoms with Gasteiger partial charge in [-0.2, -0.15) is 5.10 Å². The number of hydrogen-bond acceptors (Lipinski definition) is 2. The van der Waals surface area contributed by atoms with E-state index in [1.54, 1.807) is 6.07 Å². The average molecular weight is 392 g/mol. The molecule has 1 fully saturated rings. The van der Waals surface area contributed by atoms with Crippen LogP contribution in [0.25, 0.3) is 32.9 Å². The molecule has 2 aromatic carbocycles. The zero-order chi connectivity index (χ0) is 20.0. The molecule has 1 saturated heterocycles. The van der Waals surface area contributed by atoms with E-state index in [2.05, 4.69) is 28.3 Å². The Kier molecular flexibility index (Phi) is 4.23. The maximum absolute atomic E-state index is 13.4. The van der Waals surface area contributed by atoms with Crippen molar-refractivity contribution in [1.29, 1.82) is 0 Å². The van der Waals surface area contributed by atoms with Crippen LogP contribution < -0.4 is 0 Å². The molecule has 1 amide bonds. The van der Waals surface area contributed by atoms with Crippen molar-refractivity contribution in [2.24, 2.45) is 5.92 Å². The molecule has 7 heteroatoms. The molecule has 2 aromatic heterocycles. The zero-order valence-corrected chi connectivity index (χ0v) is 15.8. The van der Waals surface area contributed by atoms with E-state index in [0.29, 0.717) is 19.0 Å². The largest absolute Gasteiger partial charge is 0.465 e. The molecule has 0 bridgehead atoms. The van der Waals surface area contributed by atoms with Crippen molar-refractivity contribution < 1.29 is 14.3 Å². The summed E-state index contributed by atoms with van der Waals surface area (Å²) in [5, 5.41) is 15.7. The highest BCUT2D eigenvalue weighted by molar-refractivity contribution is 5.97. The molecule has 2 N–H and O–H groups in total. The fourth-order valence-corrected chi connectivity index (χ4v) is 4.29. The number of fused-ring (bicyclic) bond motifs is 2. The van der Waals surface area contributed by atoms with E-state index in [4.69, 9.17) is 5.11 Å². The SMILES string of the molecule is O=C(O)N1CCC(Cn2ncc3cc(-c4c[nH]c5cc(F)ccc45)ccc32)CC1. The van der Waals surface area contributed by atoms with E-state index in [0.717, 1.165) is 52.3 Å². The molecule has 29 heavy (non-hydrogen) atoms. The van der Waals surface area contributed by atoms with Crippen LogP contribution in [0.4, 0.5) is 9.18 Å². The molecular weight excluding hydrogens is 371 g/mol. The van der Waals surface area contributed by atoms with Crippen molar-refractivity contribution in [2.45, 2.75) is 19.4 Å². The number of carbonyl (C=O) groups is 1. The lowest BCUT2D eigenvalue weighted by Crippen LogP contribution is -2.38. The molecule has 4 aromatic rings. The van der Waals surface area contributed by atoms with Gasteiger partial charge in [-0.1, -0.05) is 6.07 Å². The molecule has 1 aliphatic rings. The Hall–Kier alpha value is -3.35. The molecule has 0 aliphatic carbocycles. The minimum absolute atomic E-state index is 0.253. The Morgan fingerprint density at radius 1 is 1.21 bits per heavy atom. The zero-order valence-electron chi connectivity index (χ0n) is 15.8. The summed E-state index contributed by atoms with van der Waals surface area (Å²) in [6, 6.07) is 11.0. The van der Waals surface area contributed by atoms with Crippen molar-refractivity contribution >= 4 is 27.9 Å². The second kappa shape index (κ2) is 6.92. The summed E-state index contributed by atoms with van der Waals surface area (Å²) < 4.78 is 15.5. The van der Waals surface area contributed by atoms with Crippen LogP contribution in [-0.2, 0) is 6.54 Å². The first-order chi connectivity index (χ1) is 14.1. The first-order valence-electron chi connectivity index (χ1n) is 9.79. The molecule has 0 radical (unpaired) electrons. The van der Waals surface area contributed by atoms with Gasteiger partial charge in [-0.05, 0) is 54.7 Å². The van der Waals surface area contributed by atoms with Crippen molar-refractivity contribution in [1.82, 2.24) is 19.7 Å². The molecule has 0 atom stereocenters. The van der Waals surface area contributed by atoms with Crippen LogP contribution in [0.3, 0.4) is 0 Å². The Balaban J connectivity index is 1.39. The second-order valence-electron chi connectivity index (χ2n) is 7.71. The van der Waals surface area contributed by atoms with E-state index in [-0.39, 0.29) is 5.82 Å². The first kappa shape index (κ1) is 17.7. The number of aromatic amines is 1. The fraction of sp³-hybridized carbons (Fsp3) is 0.273. The molecular formula is C22H21FN4O2. The Bertz CT molecular complexity index is 1200. The number of aromatic nitrogens is 3. The van der Waals surface area contributed by atoms with Gasteiger partial charge in [-0.15, -0.1) is 0 Å². The predicted octanol–water partition coefficient (Wildman–Crippen LogP) is 4.71. The number of amides is 1. The smallest absolute Gasteiger partial charge is 0.407 e. The lowest BCUT2D eigenvalue weighted by atomic mass is 9.97. The first-order valence-corrected chi connectivity index (χ1v) is 9.79. The van der Waals surface area contributed by atoms with E-state index in [9.17, 15) is 9.18 Å². The van der Waals surface area contributed by atoms with E-state index in [1.807, 2.05) is 17.1 Å². The van der Waals surface area contributed by atoms with Crippen LogP contribution in [-0.4, -0.2) is 44.0 Å². The minimum Gasteiger partial charge on any atom is -0.465 e. The summed E-state index contributed by atoms with van der Waals surface area (Å²) in [6.07, 6.45) is 4.67. The topological polar surface area (TPSA) is 74.2 Å². The van der Waals surface area contributed by atoms with Gasteiger partial charge in [-0.25, -0.2) is 9.18 Å². The number of benzene rings is 2. The standard InChI is InChI=1S/C22H21FN4O2/c23-17-2-3-18-19(12-24-20(18)10-17)15-1-4-21-16(9-15)11-25-27(21)13-14-5-7-26(8-6-14)22(28)29/h1-4,9-12,14,24H,5-8,13H2,(H,28,29). The van der Waals surface area contributed by atoms with Crippen LogP contribution in [0.1, 0.15) is 12.8 Å². The number of nitrogens with zero attached hydrogens (tertiary/aromatic N) is 3. The number of nitrogens with one attached hydrogen (secondary N) is 1. The molecule has 1 aliphatic heterocycles. The number of likely N-dealkylation sites (tertiary alicyclic amines) is 1. The molecule has 0 saturated carbocycles. The van der Waals surface area contributed by atoms with Gasteiger partial charge in [0.05, 0.1) is 11.7 Å². The molecule has 5 rings (SSSR count). The Morgan fingerprint density at radius 3 is 2.83 bits per heavy atom. The summed E-state index contributed by atoms with van der Waals surface area (Å²) in [5.74, 6) is 0.175. The minimum atomic E-state index is -0.833. The van der Waals surface area contributed by atoms with Crippen molar-refractivity contribution in [3.63, 3.8) is 0 Å². The third-order valence-corrected chi connectivity index (χ3v) is 5.91. The highest BCUT2D eigenvalue weighted by atomic mass is 19.1. The number of piperidine rings is 1. The second-order valence-corrected chi connectivity index (χ2v) is 7.71. The lowest BCUT2D eigenvalue weighted by molar-refractivity contribution is 0.121. The van der Waals surface area contributed by atoms with Crippen LogP contribution in [0, 0.1) is 11.7 Å². The quantitative estimate of drug-likeness (QED) is 0.530. The number of H-pyrrole nitrogens is 1. The maximum Gasteiger partial charge on any atom is 0.407 e. The Morgan fingerprint density at radius 2 is 2.03 bits per heavy atom. The summed E-state index contributed by atoms with van der Waals surface area (Å²) in [7, 11) is 0. The van der Waals surface area contributed by atoms with E-state index < -0.39 is 6.09 Å². The van der Waals surface area contributed by atoms with Crippen molar-refractivity contribution in [3.05, 3.63) is 54.6 Å². The van der Waals surface area contributed by atoms with Crippen molar-refractivity contribution in [2.75, 3.05) is 13.1 Å². The highest BCUT2D eigenvalue weighted by Crippen LogP contribution is 2.31. The van der Waals surface area contributed by atoms with Crippen LogP contribution in [0.2, 0.25) is 0 Å². The number of rotatable bonds is 3. The number of carboxylic acid groups (broad SMARTS) is 1. The maximum atomic E-state index is 13.4. The summed E-state index contributed by atoms with van der Waals surface area (Å²) in [6.45, 7) is 1.97. The number of hydrogen-bond donors (Lipinski definition) is 2. The number of halogens is 1. The predicted molar refractivity (Wildman–Crippen MR) is 109 cm³/mol. The normalized spacial score (nSPS) is 15.4. The van der Waals surface area contributed by atoms with Gasteiger partial charge >= 0.3 is 6.09 Å². The summed E-state index contributed by atoms with van der Waals surface area (Å²) >= 11 is 0. The van der Waals surface area contributed by atoms with Crippen LogP contribution in [0.15, 0.2) is 48.8 Å². The lowest BCUT2D eigenvalue weighted by Gasteiger charge is -2.29. The molecule has 3 heterocycles. The van der Waals surface area contributed by atoms with E-state index in [1.165, 1.54) is 17.0 Å². The van der Waals surface area contributed by atoms with Gasteiger partial charge in [0.2, 0.25) is 0 Å². The Labute approximate surface area is 166 Å². The molecule has 0 spiro atoms. The molecule has 148 valence electrons. The van der Waals surface area contributed by atoms with E-state index >= 15 is 0 Å². The van der Waals surface area contributed by atoms with Crippen LogP contribution in [0.5, 0.6) is 0 Å². The third kappa shape index (κ3) is 3.22.